The van der Waals surface area contributed by atoms with Crippen molar-refractivity contribution >= 4 is 29.3 Å². The molecule has 0 unspecified atom stereocenters. The van der Waals surface area contributed by atoms with Crippen LogP contribution in [0.4, 0.5) is 0 Å². The number of carbonyl (C=O) groups excluding carboxylic acids is 1. The highest BCUT2D eigenvalue weighted by atomic mass is 35.5. The second kappa shape index (κ2) is 8.15. The third-order valence-electron chi connectivity index (χ3n) is 4.53. The molecule has 5 nitrogen and oxygen atoms in total. The third kappa shape index (κ3) is 4.34. The molecular formula is C20H18ClN3O2S. The molecule has 1 aliphatic carbocycles. The molecule has 0 saturated carbocycles. The summed E-state index contributed by atoms with van der Waals surface area (Å²) < 4.78 is 5.62. The van der Waals surface area contributed by atoms with Gasteiger partial charge in [-0.05, 0) is 54.7 Å². The van der Waals surface area contributed by atoms with Gasteiger partial charge in [0.05, 0.1) is 11.8 Å². The predicted octanol–water partition coefficient (Wildman–Crippen LogP) is 4.68. The summed E-state index contributed by atoms with van der Waals surface area (Å²) in [4.78, 5) is 12.4. The van der Waals surface area contributed by atoms with Gasteiger partial charge in [0.15, 0.2) is 0 Å². The van der Waals surface area contributed by atoms with Crippen LogP contribution in [-0.4, -0.2) is 21.9 Å². The number of rotatable bonds is 5. The van der Waals surface area contributed by atoms with Gasteiger partial charge in [-0.3, -0.25) is 4.79 Å². The van der Waals surface area contributed by atoms with E-state index in [9.17, 15) is 4.79 Å². The molecule has 1 amide bonds. The smallest absolute Gasteiger partial charge is 0.277 e. The number of halogens is 1. The van der Waals surface area contributed by atoms with Crippen LogP contribution in [0.25, 0.3) is 11.5 Å². The van der Waals surface area contributed by atoms with Crippen LogP contribution in [-0.2, 0) is 11.2 Å². The van der Waals surface area contributed by atoms with Crippen LogP contribution in [0.15, 0.2) is 58.2 Å². The van der Waals surface area contributed by atoms with Crippen molar-refractivity contribution in [1.82, 2.24) is 15.5 Å². The van der Waals surface area contributed by atoms with Gasteiger partial charge in [0, 0.05) is 10.6 Å². The second-order valence-electron chi connectivity index (χ2n) is 6.38. The fourth-order valence-electron chi connectivity index (χ4n) is 3.24. The number of nitrogens with one attached hydrogen (secondary N) is 1. The lowest BCUT2D eigenvalue weighted by molar-refractivity contribution is -0.119. The fourth-order valence-corrected chi connectivity index (χ4v) is 3.94. The summed E-state index contributed by atoms with van der Waals surface area (Å²) in [6.07, 6.45) is 3.13. The average molecular weight is 400 g/mol. The Morgan fingerprint density at radius 2 is 2.00 bits per heavy atom. The predicted molar refractivity (Wildman–Crippen MR) is 106 cm³/mol. The van der Waals surface area contributed by atoms with Gasteiger partial charge < -0.3 is 9.73 Å². The van der Waals surface area contributed by atoms with E-state index in [-0.39, 0.29) is 17.7 Å². The maximum absolute atomic E-state index is 12.4. The average Bonchev–Trinajstić information content (AvgIpc) is 3.16. The lowest BCUT2D eigenvalue weighted by Gasteiger charge is -2.26. The Morgan fingerprint density at radius 3 is 2.85 bits per heavy atom. The van der Waals surface area contributed by atoms with Gasteiger partial charge in [-0.2, -0.15) is 0 Å². The molecule has 0 aliphatic heterocycles. The Morgan fingerprint density at radius 1 is 1.19 bits per heavy atom. The van der Waals surface area contributed by atoms with E-state index in [1.165, 1.54) is 22.9 Å². The van der Waals surface area contributed by atoms with E-state index in [4.69, 9.17) is 16.0 Å². The molecule has 0 spiro atoms. The first kappa shape index (κ1) is 18.1. The van der Waals surface area contributed by atoms with Gasteiger partial charge in [0.25, 0.3) is 5.22 Å². The zero-order valence-corrected chi connectivity index (χ0v) is 16.1. The van der Waals surface area contributed by atoms with Crippen molar-refractivity contribution in [2.75, 3.05) is 5.75 Å². The number of thioether (sulfide) groups is 1. The van der Waals surface area contributed by atoms with Crippen LogP contribution in [0.1, 0.15) is 30.0 Å². The minimum atomic E-state index is -0.0343. The summed E-state index contributed by atoms with van der Waals surface area (Å²) in [6.45, 7) is 0. The van der Waals surface area contributed by atoms with Crippen LogP contribution in [0.5, 0.6) is 0 Å². The van der Waals surface area contributed by atoms with Crippen molar-refractivity contribution < 1.29 is 9.21 Å². The van der Waals surface area contributed by atoms with E-state index in [2.05, 4.69) is 27.6 Å². The van der Waals surface area contributed by atoms with Crippen LogP contribution in [0.2, 0.25) is 5.02 Å². The molecule has 7 heteroatoms. The molecule has 0 fully saturated rings. The van der Waals surface area contributed by atoms with Crippen molar-refractivity contribution in [3.8, 4) is 11.5 Å². The van der Waals surface area contributed by atoms with E-state index in [0.717, 1.165) is 24.8 Å². The highest BCUT2D eigenvalue weighted by Gasteiger charge is 2.21. The fraction of sp³-hybridized carbons (Fsp3) is 0.250. The number of hydrogen-bond acceptors (Lipinski definition) is 5. The van der Waals surface area contributed by atoms with Crippen molar-refractivity contribution in [2.24, 2.45) is 0 Å². The molecular weight excluding hydrogens is 382 g/mol. The molecule has 1 aromatic heterocycles. The van der Waals surface area contributed by atoms with E-state index >= 15 is 0 Å². The van der Waals surface area contributed by atoms with Gasteiger partial charge in [0.1, 0.15) is 0 Å². The van der Waals surface area contributed by atoms with Crippen molar-refractivity contribution in [3.05, 3.63) is 64.7 Å². The van der Waals surface area contributed by atoms with Crippen molar-refractivity contribution in [2.45, 2.75) is 30.5 Å². The molecule has 138 valence electrons. The largest absolute Gasteiger partial charge is 0.411 e. The topological polar surface area (TPSA) is 68.0 Å². The summed E-state index contributed by atoms with van der Waals surface area (Å²) >= 11 is 7.12. The Labute approximate surface area is 166 Å². The molecule has 1 aliphatic rings. The van der Waals surface area contributed by atoms with Gasteiger partial charge in [-0.15, -0.1) is 10.2 Å². The SMILES string of the molecule is O=C(CSc1nnc(-c2ccc(Cl)cc2)o1)N[C@@H]1CCCc2ccccc21. The molecule has 0 bridgehead atoms. The van der Waals surface area contributed by atoms with Gasteiger partial charge in [0.2, 0.25) is 11.8 Å². The number of nitrogens with zero attached hydrogens (tertiary/aromatic N) is 2. The lowest BCUT2D eigenvalue weighted by Crippen LogP contribution is -2.32. The van der Waals surface area contributed by atoms with Gasteiger partial charge in [-0.1, -0.05) is 47.6 Å². The molecule has 0 radical (unpaired) electrons. The van der Waals surface area contributed by atoms with E-state index in [0.29, 0.717) is 16.1 Å². The molecule has 4 rings (SSSR count). The normalized spacial score (nSPS) is 16.0. The molecule has 3 aromatic rings. The number of aryl methyl sites for hydroxylation is 1. The summed E-state index contributed by atoms with van der Waals surface area (Å²) in [7, 11) is 0. The minimum absolute atomic E-state index is 0.0343. The summed E-state index contributed by atoms with van der Waals surface area (Å²) in [5.41, 5.74) is 3.35. The molecule has 1 heterocycles. The minimum Gasteiger partial charge on any atom is -0.411 e. The molecule has 1 N–H and O–H groups in total. The van der Waals surface area contributed by atoms with Crippen LogP contribution in [0.3, 0.4) is 0 Å². The van der Waals surface area contributed by atoms with E-state index in [1.807, 2.05) is 24.3 Å². The Balaban J connectivity index is 1.34. The van der Waals surface area contributed by atoms with Gasteiger partial charge in [-0.25, -0.2) is 0 Å². The Kier molecular flexibility index (Phi) is 5.45. The van der Waals surface area contributed by atoms with E-state index in [1.54, 1.807) is 12.1 Å². The third-order valence-corrected chi connectivity index (χ3v) is 5.60. The number of fused-ring (bicyclic) bond motifs is 1. The number of amides is 1. The molecule has 27 heavy (non-hydrogen) atoms. The molecule has 1 atom stereocenters. The molecule has 0 saturated heterocycles. The van der Waals surface area contributed by atoms with Crippen LogP contribution in [0, 0.1) is 0 Å². The first-order valence-electron chi connectivity index (χ1n) is 8.78. The summed E-state index contributed by atoms with van der Waals surface area (Å²) in [5, 5.41) is 12.2. The van der Waals surface area contributed by atoms with Crippen LogP contribution < -0.4 is 5.32 Å². The molecule has 2 aromatic carbocycles. The van der Waals surface area contributed by atoms with Crippen molar-refractivity contribution in [3.63, 3.8) is 0 Å². The number of aromatic nitrogens is 2. The summed E-state index contributed by atoms with van der Waals surface area (Å²) in [6, 6.07) is 15.6. The van der Waals surface area contributed by atoms with Crippen molar-refractivity contribution in [1.29, 1.82) is 0 Å². The standard InChI is InChI=1S/C20H18ClN3O2S/c21-15-10-8-14(9-11-15)19-23-24-20(26-19)27-12-18(25)22-17-7-3-5-13-4-1-2-6-16(13)17/h1-2,4,6,8-11,17H,3,5,7,12H2,(H,22,25)/t17-/m1/s1. The second-order valence-corrected chi connectivity index (χ2v) is 7.74. The maximum atomic E-state index is 12.4. The monoisotopic (exact) mass is 399 g/mol. The highest BCUT2D eigenvalue weighted by Crippen LogP contribution is 2.30. The number of carbonyl (C=O) groups is 1. The highest BCUT2D eigenvalue weighted by molar-refractivity contribution is 7.99. The lowest BCUT2D eigenvalue weighted by atomic mass is 9.88. The first-order chi connectivity index (χ1) is 13.2. The zero-order valence-electron chi connectivity index (χ0n) is 14.5. The number of benzene rings is 2. The van der Waals surface area contributed by atoms with E-state index < -0.39 is 0 Å². The Hall–Kier alpha value is -2.31. The Bertz CT molecular complexity index is 942. The summed E-state index contributed by atoms with van der Waals surface area (Å²) in [5.74, 6) is 0.615. The quantitative estimate of drug-likeness (QED) is 0.631. The van der Waals surface area contributed by atoms with Gasteiger partial charge >= 0.3 is 0 Å². The maximum Gasteiger partial charge on any atom is 0.277 e. The zero-order chi connectivity index (χ0) is 18.6. The first-order valence-corrected chi connectivity index (χ1v) is 10.1. The number of hydrogen-bond donors (Lipinski definition) is 1. The van der Waals surface area contributed by atoms with Crippen LogP contribution >= 0.6 is 23.4 Å².